The molecule has 0 spiro atoms. The molecule has 0 amide bonds. The van der Waals surface area contributed by atoms with E-state index in [4.69, 9.17) is 9.84 Å². The third kappa shape index (κ3) is 5.90. The number of aryl methyl sites for hydroxylation is 1. The molecule has 1 aliphatic carbocycles. The molecular formula is C27H31N3O3. The number of anilines is 1. The number of nitrogens with one attached hydrogen (secondary N) is 2. The quantitative estimate of drug-likeness (QED) is 0.500. The first-order valence-electron chi connectivity index (χ1n) is 11.5. The summed E-state index contributed by atoms with van der Waals surface area (Å²) in [6, 6.07) is 14.8. The van der Waals surface area contributed by atoms with Crippen molar-refractivity contribution in [3.05, 3.63) is 77.1 Å². The summed E-state index contributed by atoms with van der Waals surface area (Å²) in [7, 11) is 1.66. The third-order valence-electron chi connectivity index (χ3n) is 6.11. The van der Waals surface area contributed by atoms with Crippen molar-refractivity contribution in [1.29, 1.82) is 0 Å². The fourth-order valence-corrected chi connectivity index (χ4v) is 3.97. The molecular weight excluding hydrogens is 414 g/mol. The summed E-state index contributed by atoms with van der Waals surface area (Å²) in [4.78, 5) is 14.3. The van der Waals surface area contributed by atoms with E-state index in [1.54, 1.807) is 7.05 Å². The molecule has 1 saturated carbocycles. The van der Waals surface area contributed by atoms with Gasteiger partial charge >= 0.3 is 5.97 Å². The molecule has 3 aromatic rings. The van der Waals surface area contributed by atoms with Crippen LogP contribution in [-0.4, -0.2) is 36.3 Å². The molecule has 0 saturated heterocycles. The number of aromatic carboxylic acids is 1. The Morgan fingerprint density at radius 1 is 1.18 bits per heavy atom. The number of carboxylic acid groups (broad SMARTS) is 1. The summed E-state index contributed by atoms with van der Waals surface area (Å²) >= 11 is 0. The van der Waals surface area contributed by atoms with E-state index in [2.05, 4.69) is 58.9 Å². The van der Waals surface area contributed by atoms with Gasteiger partial charge in [-0.1, -0.05) is 24.3 Å². The summed E-state index contributed by atoms with van der Waals surface area (Å²) in [6.07, 6.45) is 6.72. The van der Waals surface area contributed by atoms with E-state index in [-0.39, 0.29) is 5.56 Å². The van der Waals surface area contributed by atoms with Crippen LogP contribution in [0.4, 0.5) is 5.69 Å². The number of fused-ring (bicyclic) bond motifs is 1. The average Bonchev–Trinajstić information content (AvgIpc) is 3.67. The molecule has 1 aliphatic heterocycles. The first kappa shape index (κ1) is 22.8. The van der Waals surface area contributed by atoms with Crippen LogP contribution in [0.1, 0.15) is 39.9 Å². The van der Waals surface area contributed by atoms with Crippen LogP contribution < -0.4 is 15.4 Å². The lowest BCUT2D eigenvalue weighted by Gasteiger charge is -2.18. The maximum Gasteiger partial charge on any atom is 0.337 e. The van der Waals surface area contributed by atoms with Gasteiger partial charge in [0, 0.05) is 19.8 Å². The molecule has 3 N–H and O–H groups in total. The molecule has 0 atom stereocenters. The number of aromatic nitrogens is 1. The monoisotopic (exact) mass is 445 g/mol. The third-order valence-corrected chi connectivity index (χ3v) is 6.11. The standard InChI is InChI=1S/C20H23NO.C7H8N2O2/c1-14-10-19(22-13-15-2-3-15)6-7-20(14)17-4-5-18-12-21-9-8-16(18)11-17;1-8-6-4-9-3-2-5(6)7(10)11/h4-7,10-11,15,21H,2-3,8-9,12-13H2,1H3;2-4,8H,1H3,(H,10,11). The number of carboxylic acids is 1. The van der Waals surface area contributed by atoms with E-state index in [0.717, 1.165) is 37.8 Å². The number of hydrogen-bond acceptors (Lipinski definition) is 5. The lowest BCUT2D eigenvalue weighted by Crippen LogP contribution is -2.23. The van der Waals surface area contributed by atoms with Crippen LogP contribution in [0.3, 0.4) is 0 Å². The largest absolute Gasteiger partial charge is 0.493 e. The summed E-state index contributed by atoms with van der Waals surface area (Å²) in [5.74, 6) is 0.862. The van der Waals surface area contributed by atoms with Gasteiger partial charge in [-0.25, -0.2) is 4.79 Å². The molecule has 0 unspecified atom stereocenters. The first-order valence-corrected chi connectivity index (χ1v) is 11.5. The highest BCUT2D eigenvalue weighted by molar-refractivity contribution is 5.93. The van der Waals surface area contributed by atoms with Crippen LogP contribution in [0.25, 0.3) is 11.1 Å². The predicted molar refractivity (Wildman–Crippen MR) is 131 cm³/mol. The highest BCUT2D eigenvalue weighted by Gasteiger charge is 2.22. The first-order chi connectivity index (χ1) is 16.0. The fourth-order valence-electron chi connectivity index (χ4n) is 3.97. The number of benzene rings is 2. The Balaban J connectivity index is 0.000000200. The van der Waals surface area contributed by atoms with E-state index < -0.39 is 5.97 Å². The molecule has 33 heavy (non-hydrogen) atoms. The van der Waals surface area contributed by atoms with Gasteiger partial charge in [0.1, 0.15) is 5.75 Å². The maximum atomic E-state index is 10.5. The van der Waals surface area contributed by atoms with Gasteiger partial charge in [0.05, 0.1) is 24.1 Å². The zero-order chi connectivity index (χ0) is 23.2. The van der Waals surface area contributed by atoms with Crippen molar-refractivity contribution in [3.63, 3.8) is 0 Å². The topological polar surface area (TPSA) is 83.5 Å². The highest BCUT2D eigenvalue weighted by atomic mass is 16.5. The molecule has 5 rings (SSSR count). The predicted octanol–water partition coefficient (Wildman–Crippen LogP) is 4.92. The van der Waals surface area contributed by atoms with E-state index in [0.29, 0.717) is 5.69 Å². The maximum absolute atomic E-state index is 10.5. The van der Waals surface area contributed by atoms with E-state index >= 15 is 0 Å². The number of carbonyl (C=O) groups is 1. The molecule has 0 bridgehead atoms. The van der Waals surface area contributed by atoms with Crippen molar-refractivity contribution in [1.82, 2.24) is 10.3 Å². The molecule has 2 heterocycles. The highest BCUT2D eigenvalue weighted by Crippen LogP contribution is 2.32. The zero-order valence-electron chi connectivity index (χ0n) is 19.2. The van der Waals surface area contributed by atoms with Crippen molar-refractivity contribution >= 4 is 11.7 Å². The zero-order valence-corrected chi connectivity index (χ0v) is 19.2. The number of nitrogens with zero attached hydrogens (tertiary/aromatic N) is 1. The van der Waals surface area contributed by atoms with Crippen LogP contribution in [0.15, 0.2) is 54.9 Å². The van der Waals surface area contributed by atoms with Gasteiger partial charge in [-0.2, -0.15) is 0 Å². The van der Waals surface area contributed by atoms with Gasteiger partial charge in [0.25, 0.3) is 0 Å². The van der Waals surface area contributed by atoms with Crippen LogP contribution in [0.2, 0.25) is 0 Å². The van der Waals surface area contributed by atoms with Gasteiger partial charge in [-0.15, -0.1) is 0 Å². The van der Waals surface area contributed by atoms with Crippen LogP contribution in [0, 0.1) is 12.8 Å². The van der Waals surface area contributed by atoms with E-state index in [1.807, 2.05) is 0 Å². The Hall–Kier alpha value is -3.38. The van der Waals surface area contributed by atoms with Crippen molar-refractivity contribution < 1.29 is 14.6 Å². The van der Waals surface area contributed by atoms with Gasteiger partial charge in [0.15, 0.2) is 0 Å². The van der Waals surface area contributed by atoms with Gasteiger partial charge in [0.2, 0.25) is 0 Å². The van der Waals surface area contributed by atoms with E-state index in [1.165, 1.54) is 59.1 Å². The Morgan fingerprint density at radius 2 is 2.03 bits per heavy atom. The molecule has 2 aliphatic rings. The van der Waals surface area contributed by atoms with Gasteiger partial charge < -0.3 is 20.5 Å². The second-order valence-corrected chi connectivity index (χ2v) is 8.62. The number of hydrogen-bond donors (Lipinski definition) is 3. The summed E-state index contributed by atoms with van der Waals surface area (Å²) in [5.41, 5.74) is 7.64. The molecule has 0 radical (unpaired) electrons. The SMILES string of the molecule is CNc1cnccc1C(=O)O.Cc1cc(OCC2CC2)ccc1-c1ccc2c(c1)CCNC2. The van der Waals surface area contributed by atoms with Crippen LogP contribution in [-0.2, 0) is 13.0 Å². The van der Waals surface area contributed by atoms with Crippen LogP contribution in [0.5, 0.6) is 5.75 Å². The smallest absolute Gasteiger partial charge is 0.337 e. The summed E-state index contributed by atoms with van der Waals surface area (Å²) in [5, 5.41) is 14.8. The fraction of sp³-hybridized carbons (Fsp3) is 0.333. The Labute approximate surface area is 195 Å². The van der Waals surface area contributed by atoms with Crippen molar-refractivity contribution in [2.24, 2.45) is 5.92 Å². The van der Waals surface area contributed by atoms with E-state index in [9.17, 15) is 4.79 Å². The Kier molecular flexibility index (Phi) is 7.25. The van der Waals surface area contributed by atoms with Gasteiger partial charge in [-0.05, 0) is 84.7 Å². The molecule has 6 heteroatoms. The minimum Gasteiger partial charge on any atom is -0.493 e. The molecule has 6 nitrogen and oxygen atoms in total. The number of rotatable bonds is 6. The molecule has 1 fully saturated rings. The van der Waals surface area contributed by atoms with Crippen molar-refractivity contribution in [3.8, 4) is 16.9 Å². The Morgan fingerprint density at radius 3 is 2.73 bits per heavy atom. The van der Waals surface area contributed by atoms with Crippen LogP contribution >= 0.6 is 0 Å². The summed E-state index contributed by atoms with van der Waals surface area (Å²) < 4.78 is 5.88. The lowest BCUT2D eigenvalue weighted by molar-refractivity contribution is 0.0698. The lowest BCUT2D eigenvalue weighted by atomic mass is 9.93. The minimum atomic E-state index is -0.947. The summed E-state index contributed by atoms with van der Waals surface area (Å²) in [6.45, 7) is 5.15. The molecule has 1 aromatic heterocycles. The molecule has 2 aromatic carbocycles. The normalized spacial score (nSPS) is 14.5. The second kappa shape index (κ2) is 10.5. The number of ether oxygens (including phenoxy) is 1. The molecule has 172 valence electrons. The van der Waals surface area contributed by atoms with Crippen molar-refractivity contribution in [2.75, 3.05) is 25.5 Å². The second-order valence-electron chi connectivity index (χ2n) is 8.62. The van der Waals surface area contributed by atoms with Gasteiger partial charge in [-0.3, -0.25) is 4.98 Å². The van der Waals surface area contributed by atoms with Crippen molar-refractivity contribution in [2.45, 2.75) is 32.7 Å². The minimum absolute atomic E-state index is 0.238. The average molecular weight is 446 g/mol. The number of pyridine rings is 1. The Bertz CT molecular complexity index is 1130.